The molecule has 1 aliphatic heterocycles. The van der Waals surface area contributed by atoms with Gasteiger partial charge in [0.2, 0.25) is 0 Å². The Labute approximate surface area is 109 Å². The number of anilines is 1. The summed E-state index contributed by atoms with van der Waals surface area (Å²) in [5.41, 5.74) is 0. The number of nitrogens with zero attached hydrogens (tertiary/aromatic N) is 2. The summed E-state index contributed by atoms with van der Waals surface area (Å²) in [6.07, 6.45) is 5.63. The quantitative estimate of drug-likeness (QED) is 0.866. The van der Waals surface area contributed by atoms with Crippen LogP contribution in [-0.4, -0.2) is 37.8 Å². The molecule has 4 nitrogen and oxygen atoms in total. The van der Waals surface area contributed by atoms with E-state index < -0.39 is 0 Å². The van der Waals surface area contributed by atoms with Gasteiger partial charge in [0.1, 0.15) is 11.6 Å². The number of rotatable bonds is 5. The number of methoxy groups -OCH3 is 1. The van der Waals surface area contributed by atoms with E-state index in [0.717, 1.165) is 31.2 Å². The molecule has 1 fully saturated rings. The Morgan fingerprint density at radius 3 is 3.00 bits per heavy atom. The molecular weight excluding hydrogens is 226 g/mol. The van der Waals surface area contributed by atoms with Crippen LogP contribution in [0.1, 0.15) is 26.2 Å². The standard InChI is InChI=1S/C14H23N3O/c1-3-15-10-12-6-4-5-9-17(12)14-8-7-13(18-2)11-16-14/h7-8,11-12,15H,3-6,9-10H2,1-2H3. The Kier molecular flexibility index (Phi) is 4.81. The van der Waals surface area contributed by atoms with E-state index in [-0.39, 0.29) is 0 Å². The molecule has 0 radical (unpaired) electrons. The molecule has 1 N–H and O–H groups in total. The van der Waals surface area contributed by atoms with E-state index in [9.17, 15) is 0 Å². The number of nitrogens with one attached hydrogen (secondary N) is 1. The number of likely N-dealkylation sites (N-methyl/N-ethyl adjacent to an activating group) is 1. The lowest BCUT2D eigenvalue weighted by Crippen LogP contribution is -2.46. The third kappa shape index (κ3) is 3.13. The van der Waals surface area contributed by atoms with Gasteiger partial charge in [0.15, 0.2) is 0 Å². The summed E-state index contributed by atoms with van der Waals surface area (Å²) in [6.45, 7) is 5.33. The Morgan fingerprint density at radius 1 is 1.44 bits per heavy atom. The first kappa shape index (κ1) is 13.1. The summed E-state index contributed by atoms with van der Waals surface area (Å²) >= 11 is 0. The molecule has 1 aromatic rings. The maximum absolute atomic E-state index is 5.15. The van der Waals surface area contributed by atoms with Crippen molar-refractivity contribution >= 4 is 5.82 Å². The van der Waals surface area contributed by atoms with Crippen molar-refractivity contribution in [2.24, 2.45) is 0 Å². The highest BCUT2D eigenvalue weighted by molar-refractivity contribution is 5.42. The number of ether oxygens (including phenoxy) is 1. The van der Waals surface area contributed by atoms with E-state index in [1.54, 1.807) is 13.3 Å². The second-order valence-electron chi connectivity index (χ2n) is 4.71. The minimum atomic E-state index is 0.569. The van der Waals surface area contributed by atoms with Gasteiger partial charge in [0, 0.05) is 19.1 Å². The predicted octanol–water partition coefficient (Wildman–Crippen LogP) is 2.06. The van der Waals surface area contributed by atoms with Gasteiger partial charge < -0.3 is 15.0 Å². The van der Waals surface area contributed by atoms with Crippen LogP contribution in [0.3, 0.4) is 0 Å². The van der Waals surface area contributed by atoms with Gasteiger partial charge in [-0.1, -0.05) is 6.92 Å². The van der Waals surface area contributed by atoms with Crippen molar-refractivity contribution in [2.45, 2.75) is 32.2 Å². The molecule has 0 spiro atoms. The molecule has 0 aliphatic carbocycles. The molecular formula is C14H23N3O. The Morgan fingerprint density at radius 2 is 2.33 bits per heavy atom. The van der Waals surface area contributed by atoms with Crippen molar-refractivity contribution < 1.29 is 4.74 Å². The van der Waals surface area contributed by atoms with Crippen molar-refractivity contribution in [2.75, 3.05) is 31.6 Å². The normalized spacial score (nSPS) is 19.9. The number of aromatic nitrogens is 1. The summed E-state index contributed by atoms with van der Waals surface area (Å²) in [6, 6.07) is 4.62. The van der Waals surface area contributed by atoms with Crippen LogP contribution < -0.4 is 15.0 Å². The average Bonchev–Trinajstić information content (AvgIpc) is 2.45. The molecule has 0 amide bonds. The van der Waals surface area contributed by atoms with Crippen molar-refractivity contribution in [3.8, 4) is 5.75 Å². The van der Waals surface area contributed by atoms with E-state index in [4.69, 9.17) is 4.74 Å². The van der Waals surface area contributed by atoms with Crippen molar-refractivity contribution in [3.05, 3.63) is 18.3 Å². The Balaban J connectivity index is 2.06. The minimum Gasteiger partial charge on any atom is -0.495 e. The summed E-state index contributed by atoms with van der Waals surface area (Å²) in [5, 5.41) is 3.45. The van der Waals surface area contributed by atoms with Crippen LogP contribution >= 0.6 is 0 Å². The van der Waals surface area contributed by atoms with Crippen LogP contribution in [-0.2, 0) is 0 Å². The number of hydrogen-bond donors (Lipinski definition) is 1. The van der Waals surface area contributed by atoms with Crippen LogP contribution in [0, 0.1) is 0 Å². The van der Waals surface area contributed by atoms with Crippen LogP contribution in [0.2, 0.25) is 0 Å². The molecule has 1 aliphatic rings. The molecule has 0 bridgehead atoms. The monoisotopic (exact) mass is 249 g/mol. The second-order valence-corrected chi connectivity index (χ2v) is 4.71. The van der Waals surface area contributed by atoms with Crippen LogP contribution in [0.4, 0.5) is 5.82 Å². The van der Waals surface area contributed by atoms with Gasteiger partial charge in [-0.25, -0.2) is 4.98 Å². The maximum atomic E-state index is 5.15. The van der Waals surface area contributed by atoms with Crippen molar-refractivity contribution in [3.63, 3.8) is 0 Å². The third-order valence-electron chi connectivity index (χ3n) is 3.51. The Bertz CT molecular complexity index is 353. The SMILES string of the molecule is CCNCC1CCCCN1c1ccc(OC)cn1. The lowest BCUT2D eigenvalue weighted by atomic mass is 10.0. The summed E-state index contributed by atoms with van der Waals surface area (Å²) in [5.74, 6) is 1.89. The van der Waals surface area contributed by atoms with Gasteiger partial charge >= 0.3 is 0 Å². The summed E-state index contributed by atoms with van der Waals surface area (Å²) < 4.78 is 5.15. The first-order valence-corrected chi connectivity index (χ1v) is 6.82. The Hall–Kier alpha value is -1.29. The smallest absolute Gasteiger partial charge is 0.137 e. The molecule has 1 unspecified atom stereocenters. The fourth-order valence-corrected chi connectivity index (χ4v) is 2.49. The lowest BCUT2D eigenvalue weighted by molar-refractivity contribution is 0.411. The molecule has 0 saturated carbocycles. The fraction of sp³-hybridized carbons (Fsp3) is 0.643. The van der Waals surface area contributed by atoms with Gasteiger partial charge in [-0.15, -0.1) is 0 Å². The van der Waals surface area contributed by atoms with Gasteiger partial charge in [-0.05, 0) is 37.9 Å². The summed E-state index contributed by atoms with van der Waals surface area (Å²) in [7, 11) is 1.67. The van der Waals surface area contributed by atoms with Crippen LogP contribution in [0.25, 0.3) is 0 Å². The highest BCUT2D eigenvalue weighted by Gasteiger charge is 2.22. The molecule has 100 valence electrons. The van der Waals surface area contributed by atoms with Crippen LogP contribution in [0.15, 0.2) is 18.3 Å². The molecule has 0 aromatic carbocycles. The first-order chi connectivity index (χ1) is 8.85. The topological polar surface area (TPSA) is 37.4 Å². The molecule has 1 atom stereocenters. The maximum Gasteiger partial charge on any atom is 0.137 e. The van der Waals surface area contributed by atoms with E-state index in [2.05, 4.69) is 28.2 Å². The molecule has 18 heavy (non-hydrogen) atoms. The fourth-order valence-electron chi connectivity index (χ4n) is 2.49. The van der Waals surface area contributed by atoms with E-state index in [1.807, 2.05) is 6.07 Å². The molecule has 2 heterocycles. The minimum absolute atomic E-state index is 0.569. The van der Waals surface area contributed by atoms with Crippen molar-refractivity contribution in [1.82, 2.24) is 10.3 Å². The third-order valence-corrected chi connectivity index (χ3v) is 3.51. The highest BCUT2D eigenvalue weighted by atomic mass is 16.5. The van der Waals surface area contributed by atoms with Crippen molar-refractivity contribution in [1.29, 1.82) is 0 Å². The highest BCUT2D eigenvalue weighted by Crippen LogP contribution is 2.24. The predicted molar refractivity (Wildman–Crippen MR) is 74.3 cm³/mol. The second kappa shape index (κ2) is 6.59. The molecule has 2 rings (SSSR count). The van der Waals surface area contributed by atoms with E-state index in [1.165, 1.54) is 19.3 Å². The zero-order valence-electron chi connectivity index (χ0n) is 11.4. The molecule has 4 heteroatoms. The number of hydrogen-bond acceptors (Lipinski definition) is 4. The van der Waals surface area contributed by atoms with Gasteiger partial charge in [-0.2, -0.15) is 0 Å². The zero-order chi connectivity index (χ0) is 12.8. The van der Waals surface area contributed by atoms with E-state index in [0.29, 0.717) is 6.04 Å². The van der Waals surface area contributed by atoms with Gasteiger partial charge in [-0.3, -0.25) is 0 Å². The molecule has 1 saturated heterocycles. The van der Waals surface area contributed by atoms with Gasteiger partial charge in [0.05, 0.1) is 13.3 Å². The average molecular weight is 249 g/mol. The number of pyridine rings is 1. The summed E-state index contributed by atoms with van der Waals surface area (Å²) in [4.78, 5) is 6.93. The lowest BCUT2D eigenvalue weighted by Gasteiger charge is -2.36. The number of piperidine rings is 1. The van der Waals surface area contributed by atoms with Crippen LogP contribution in [0.5, 0.6) is 5.75 Å². The largest absolute Gasteiger partial charge is 0.495 e. The van der Waals surface area contributed by atoms with E-state index >= 15 is 0 Å². The molecule has 1 aromatic heterocycles. The zero-order valence-corrected chi connectivity index (χ0v) is 11.4. The van der Waals surface area contributed by atoms with Gasteiger partial charge in [0.25, 0.3) is 0 Å². The first-order valence-electron chi connectivity index (χ1n) is 6.82.